The predicted octanol–water partition coefficient (Wildman–Crippen LogP) is 1.87. The Morgan fingerprint density at radius 2 is 2.10 bits per heavy atom. The summed E-state index contributed by atoms with van der Waals surface area (Å²) in [5.41, 5.74) is -1.05. The van der Waals surface area contributed by atoms with Crippen LogP contribution < -0.4 is 0 Å². The van der Waals surface area contributed by atoms with Gasteiger partial charge in [0.05, 0.1) is 0 Å². The Bertz CT molecular complexity index is 231. The molecule has 0 amide bonds. The zero-order valence-electron chi connectivity index (χ0n) is 4.51. The van der Waals surface area contributed by atoms with E-state index >= 15 is 0 Å². The van der Waals surface area contributed by atoms with Crippen molar-refractivity contribution in [2.24, 2.45) is 0 Å². The molecular weight excluding hydrogens is 167 g/mol. The minimum Gasteiger partial charge on any atom is -0.486 e. The first-order chi connectivity index (χ1) is 4.50. The molecule has 0 aliphatic carbocycles. The van der Waals surface area contributed by atoms with Crippen molar-refractivity contribution in [2.45, 2.75) is 6.18 Å². The third kappa shape index (κ3) is 1.38. The highest BCUT2D eigenvalue weighted by Crippen LogP contribution is 2.31. The van der Waals surface area contributed by atoms with Crippen molar-refractivity contribution in [2.75, 3.05) is 0 Å². The van der Waals surface area contributed by atoms with Crippen molar-refractivity contribution >= 4 is 11.3 Å². The first-order valence-corrected chi connectivity index (χ1v) is 3.10. The van der Waals surface area contributed by atoms with Crippen LogP contribution >= 0.6 is 11.3 Å². The number of aromatic nitrogens is 1. The summed E-state index contributed by atoms with van der Waals surface area (Å²) in [5.74, 6) is 0. The van der Waals surface area contributed by atoms with Crippen LogP contribution in [0.25, 0.3) is 0 Å². The van der Waals surface area contributed by atoms with Gasteiger partial charge in [0.25, 0.3) is 5.19 Å². The molecule has 1 N–H and O–H groups in total. The second-order valence-corrected chi connectivity index (χ2v) is 2.35. The van der Waals surface area contributed by atoms with E-state index < -0.39 is 17.1 Å². The summed E-state index contributed by atoms with van der Waals surface area (Å²) >= 11 is 0.556. The summed E-state index contributed by atoms with van der Waals surface area (Å²) in [7, 11) is 0. The standard InChI is InChI=1S/C4H2F3NOS/c5-4(6,7)2-1-10-3(9)8-2/h1H,(H,8,9). The van der Waals surface area contributed by atoms with Gasteiger partial charge in [0.2, 0.25) is 0 Å². The molecule has 1 rings (SSSR count). The molecular formula is C4H2F3NOS. The Morgan fingerprint density at radius 3 is 2.30 bits per heavy atom. The number of aromatic hydroxyl groups is 1. The van der Waals surface area contributed by atoms with Crippen molar-refractivity contribution in [1.82, 2.24) is 4.98 Å². The highest BCUT2D eigenvalue weighted by atomic mass is 32.1. The molecule has 1 aromatic heterocycles. The van der Waals surface area contributed by atoms with Crippen LogP contribution in [0.5, 0.6) is 5.19 Å². The number of alkyl halides is 3. The number of hydrogen-bond acceptors (Lipinski definition) is 3. The van der Waals surface area contributed by atoms with E-state index in [4.69, 9.17) is 5.11 Å². The molecule has 56 valence electrons. The predicted molar refractivity (Wildman–Crippen MR) is 28.8 cm³/mol. The van der Waals surface area contributed by atoms with E-state index in [-0.39, 0.29) is 0 Å². The van der Waals surface area contributed by atoms with Crippen molar-refractivity contribution in [3.05, 3.63) is 11.1 Å². The lowest BCUT2D eigenvalue weighted by molar-refractivity contribution is -0.140. The van der Waals surface area contributed by atoms with Crippen LogP contribution in [-0.2, 0) is 6.18 Å². The zero-order valence-corrected chi connectivity index (χ0v) is 5.33. The normalized spacial score (nSPS) is 11.9. The molecule has 1 aromatic rings. The maximum atomic E-state index is 11.6. The van der Waals surface area contributed by atoms with Crippen LogP contribution in [0.15, 0.2) is 5.38 Å². The van der Waals surface area contributed by atoms with Crippen molar-refractivity contribution in [1.29, 1.82) is 0 Å². The average molecular weight is 169 g/mol. The minimum absolute atomic E-state index is 0.556. The van der Waals surface area contributed by atoms with Gasteiger partial charge in [-0.2, -0.15) is 18.2 Å². The number of nitrogens with zero attached hydrogens (tertiary/aromatic N) is 1. The van der Waals surface area contributed by atoms with Crippen LogP contribution in [-0.4, -0.2) is 10.1 Å². The molecule has 0 saturated heterocycles. The maximum Gasteiger partial charge on any atom is 0.434 e. The van der Waals surface area contributed by atoms with Gasteiger partial charge >= 0.3 is 6.18 Å². The summed E-state index contributed by atoms with van der Waals surface area (Å²) in [6, 6.07) is 0. The number of halogens is 3. The Morgan fingerprint density at radius 1 is 1.50 bits per heavy atom. The Kier molecular flexibility index (Phi) is 1.55. The van der Waals surface area contributed by atoms with E-state index in [9.17, 15) is 13.2 Å². The van der Waals surface area contributed by atoms with Gasteiger partial charge in [0, 0.05) is 5.38 Å². The SMILES string of the molecule is Oc1nc(C(F)(F)F)cs1. The van der Waals surface area contributed by atoms with E-state index in [1.165, 1.54) is 0 Å². The van der Waals surface area contributed by atoms with Crippen LogP contribution in [0.4, 0.5) is 13.2 Å². The summed E-state index contributed by atoms with van der Waals surface area (Å²) in [4.78, 5) is 2.83. The lowest BCUT2D eigenvalue weighted by atomic mass is 10.5. The van der Waals surface area contributed by atoms with Crippen LogP contribution in [0.2, 0.25) is 0 Å². The average Bonchev–Trinajstić information content (AvgIpc) is 2.11. The molecule has 0 bridgehead atoms. The van der Waals surface area contributed by atoms with Gasteiger partial charge < -0.3 is 5.11 Å². The van der Waals surface area contributed by atoms with E-state index in [1.54, 1.807) is 0 Å². The third-order valence-corrected chi connectivity index (χ3v) is 1.43. The summed E-state index contributed by atoms with van der Waals surface area (Å²) in [5, 5.41) is 8.62. The fourth-order valence-corrected chi connectivity index (χ4v) is 0.949. The molecule has 0 saturated carbocycles. The second kappa shape index (κ2) is 2.12. The Balaban J connectivity index is 2.96. The molecule has 0 aliphatic heterocycles. The van der Waals surface area contributed by atoms with Gasteiger partial charge in [0.15, 0.2) is 5.69 Å². The smallest absolute Gasteiger partial charge is 0.434 e. The van der Waals surface area contributed by atoms with Crippen LogP contribution in [0.1, 0.15) is 5.69 Å². The first-order valence-electron chi connectivity index (χ1n) is 2.22. The van der Waals surface area contributed by atoms with Gasteiger partial charge in [-0.05, 0) is 0 Å². The molecule has 2 nitrogen and oxygen atoms in total. The second-order valence-electron chi connectivity index (χ2n) is 1.51. The van der Waals surface area contributed by atoms with Gasteiger partial charge in [-0.15, -0.1) is 0 Å². The molecule has 0 aliphatic rings. The first kappa shape index (κ1) is 7.33. The van der Waals surface area contributed by atoms with Crippen molar-refractivity contribution in [3.8, 4) is 5.19 Å². The lowest BCUT2D eigenvalue weighted by Crippen LogP contribution is -2.04. The monoisotopic (exact) mass is 169 g/mol. The molecule has 0 aromatic carbocycles. The largest absolute Gasteiger partial charge is 0.486 e. The number of hydrogen-bond donors (Lipinski definition) is 1. The fourth-order valence-electron chi connectivity index (χ4n) is 0.394. The number of rotatable bonds is 0. The quantitative estimate of drug-likeness (QED) is 0.643. The van der Waals surface area contributed by atoms with Gasteiger partial charge in [-0.25, -0.2) is 0 Å². The molecule has 6 heteroatoms. The minimum atomic E-state index is -4.45. The molecule has 0 unspecified atom stereocenters. The molecule has 0 atom stereocenters. The number of thiazole rings is 1. The molecule has 0 fully saturated rings. The summed E-state index contributed by atoms with van der Waals surface area (Å²) < 4.78 is 34.9. The van der Waals surface area contributed by atoms with Gasteiger partial charge in [-0.3, -0.25) is 0 Å². The van der Waals surface area contributed by atoms with Crippen molar-refractivity contribution in [3.63, 3.8) is 0 Å². The molecule has 1 heterocycles. The van der Waals surface area contributed by atoms with E-state index in [1.807, 2.05) is 0 Å². The van der Waals surface area contributed by atoms with Crippen molar-refractivity contribution < 1.29 is 18.3 Å². The molecule has 0 spiro atoms. The maximum absolute atomic E-state index is 11.6. The van der Waals surface area contributed by atoms with Crippen LogP contribution in [0, 0.1) is 0 Å². The Hall–Kier alpha value is -0.780. The van der Waals surface area contributed by atoms with Gasteiger partial charge in [-0.1, -0.05) is 11.3 Å². The highest BCUT2D eigenvalue weighted by Gasteiger charge is 2.33. The fraction of sp³-hybridized carbons (Fsp3) is 0.250. The van der Waals surface area contributed by atoms with Gasteiger partial charge in [0.1, 0.15) is 0 Å². The van der Waals surface area contributed by atoms with E-state index in [2.05, 4.69) is 4.98 Å². The lowest BCUT2D eigenvalue weighted by Gasteiger charge is -1.98. The molecule has 0 radical (unpaired) electrons. The third-order valence-electron chi connectivity index (χ3n) is 0.782. The summed E-state index contributed by atoms with van der Waals surface area (Å²) in [6.45, 7) is 0. The highest BCUT2D eigenvalue weighted by molar-refractivity contribution is 7.11. The van der Waals surface area contributed by atoms with E-state index in [0.29, 0.717) is 11.3 Å². The van der Waals surface area contributed by atoms with E-state index in [0.717, 1.165) is 5.38 Å². The topological polar surface area (TPSA) is 33.1 Å². The zero-order chi connectivity index (χ0) is 7.78. The van der Waals surface area contributed by atoms with Crippen LogP contribution in [0.3, 0.4) is 0 Å². The Labute approximate surface area is 57.9 Å². The summed E-state index contributed by atoms with van der Waals surface area (Å²) in [6.07, 6.45) is -4.45. The molecule has 10 heavy (non-hydrogen) atoms.